The van der Waals surface area contributed by atoms with Crippen LogP contribution in [0.5, 0.6) is 11.5 Å². The van der Waals surface area contributed by atoms with E-state index >= 15 is 0 Å². The molecule has 0 bridgehead atoms. The molecule has 5 N–H and O–H groups in total. The fourth-order valence-electron chi connectivity index (χ4n) is 5.35. The van der Waals surface area contributed by atoms with Crippen LogP contribution in [0.2, 0.25) is 0 Å². The van der Waals surface area contributed by atoms with Crippen LogP contribution in [0, 0.1) is 15.4 Å². The summed E-state index contributed by atoms with van der Waals surface area (Å²) in [4.78, 5) is 41.1. The maximum absolute atomic E-state index is 13.9. The summed E-state index contributed by atoms with van der Waals surface area (Å²) >= 11 is 2.06. The van der Waals surface area contributed by atoms with Gasteiger partial charge in [0.1, 0.15) is 30.2 Å². The molecule has 3 aromatic rings. The Kier molecular flexibility index (Phi) is 12.3. The molecular weight excluding hydrogens is 685 g/mol. The fourth-order valence-corrected chi connectivity index (χ4v) is 5.93. The number of hydrogen-bond donors (Lipinski definition) is 5. The Labute approximate surface area is 278 Å². The Bertz CT molecular complexity index is 1450. The quantitative estimate of drug-likeness (QED) is 0.256. The van der Waals surface area contributed by atoms with Gasteiger partial charge in [-0.1, -0.05) is 45.0 Å². The van der Waals surface area contributed by atoms with E-state index in [-0.39, 0.29) is 42.0 Å². The molecule has 0 aliphatic carbocycles. The predicted octanol–water partition coefficient (Wildman–Crippen LogP) is 3.40. The Hall–Kier alpha value is -3.58. The molecular formula is C34H44IN5O5. The van der Waals surface area contributed by atoms with Crippen molar-refractivity contribution >= 4 is 40.3 Å². The van der Waals surface area contributed by atoms with Crippen molar-refractivity contribution in [2.45, 2.75) is 71.2 Å². The van der Waals surface area contributed by atoms with Gasteiger partial charge in [0, 0.05) is 25.0 Å². The summed E-state index contributed by atoms with van der Waals surface area (Å²) < 4.78 is 8.78. The lowest BCUT2D eigenvalue weighted by Gasteiger charge is -2.29. The zero-order chi connectivity index (χ0) is 32.5. The van der Waals surface area contributed by atoms with Crippen molar-refractivity contribution in [2.75, 3.05) is 13.2 Å². The summed E-state index contributed by atoms with van der Waals surface area (Å²) in [6.45, 7) is 8.72. The van der Waals surface area contributed by atoms with Crippen molar-refractivity contribution in [3.63, 3.8) is 0 Å². The first-order chi connectivity index (χ1) is 21.5. The number of para-hydroxylation sites is 1. The average Bonchev–Trinajstić information content (AvgIpc) is 3.52. The van der Waals surface area contributed by atoms with E-state index < -0.39 is 24.0 Å². The van der Waals surface area contributed by atoms with Crippen LogP contribution in [-0.2, 0) is 33.8 Å². The first kappa shape index (κ1) is 34.3. The number of aromatic hydroxyl groups is 1. The van der Waals surface area contributed by atoms with E-state index in [4.69, 9.17) is 4.74 Å². The van der Waals surface area contributed by atoms with Gasteiger partial charge in [0.15, 0.2) is 0 Å². The van der Waals surface area contributed by atoms with Gasteiger partial charge in [0.2, 0.25) is 17.7 Å². The van der Waals surface area contributed by atoms with E-state index in [1.807, 2.05) is 80.2 Å². The third-order valence-corrected chi connectivity index (χ3v) is 8.71. The largest absolute Gasteiger partial charge is 0.507 e. The first-order valence-electron chi connectivity index (χ1n) is 15.4. The van der Waals surface area contributed by atoms with Crippen LogP contribution >= 0.6 is 22.6 Å². The third-order valence-electron chi connectivity index (χ3n) is 7.85. The van der Waals surface area contributed by atoms with Gasteiger partial charge < -0.3 is 30.4 Å². The van der Waals surface area contributed by atoms with Gasteiger partial charge >= 0.3 is 0 Å². The van der Waals surface area contributed by atoms with Crippen molar-refractivity contribution in [3.8, 4) is 11.5 Å². The molecule has 1 aromatic heterocycles. The molecule has 0 saturated heterocycles. The number of hydrogen-bond acceptors (Lipinski definition) is 6. The molecule has 11 heteroatoms. The average molecular weight is 730 g/mol. The van der Waals surface area contributed by atoms with Crippen LogP contribution in [0.1, 0.15) is 38.8 Å². The van der Waals surface area contributed by atoms with E-state index in [0.29, 0.717) is 29.6 Å². The van der Waals surface area contributed by atoms with Crippen LogP contribution in [0.25, 0.3) is 0 Å². The summed E-state index contributed by atoms with van der Waals surface area (Å²) in [5.41, 5.74) is 1.88. The zero-order valence-corrected chi connectivity index (χ0v) is 28.4. The highest BCUT2D eigenvalue weighted by Crippen LogP contribution is 2.23. The van der Waals surface area contributed by atoms with Crippen LogP contribution in [0.3, 0.4) is 0 Å². The van der Waals surface area contributed by atoms with Crippen LogP contribution in [0.15, 0.2) is 67.0 Å². The molecule has 2 heterocycles. The second-order valence-electron chi connectivity index (χ2n) is 12.3. The topological polar surface area (TPSA) is 134 Å². The summed E-state index contributed by atoms with van der Waals surface area (Å²) in [5, 5.41) is 22.4. The lowest BCUT2D eigenvalue weighted by Crippen LogP contribution is -2.59. The van der Waals surface area contributed by atoms with Gasteiger partial charge in [-0.2, -0.15) is 0 Å². The minimum atomic E-state index is -0.877. The van der Waals surface area contributed by atoms with Gasteiger partial charge in [-0.3, -0.25) is 19.7 Å². The number of amides is 3. The number of halogens is 1. The number of ether oxygens (including phenoxy) is 1. The molecule has 3 amide bonds. The number of fused-ring (bicyclic) bond motifs is 1. The predicted molar refractivity (Wildman–Crippen MR) is 182 cm³/mol. The summed E-state index contributed by atoms with van der Waals surface area (Å²) in [6, 6.07) is 14.2. The number of nitrogens with one attached hydrogen (secondary N) is 4. The second-order valence-corrected chi connectivity index (χ2v) is 13.4. The van der Waals surface area contributed by atoms with Crippen molar-refractivity contribution in [3.05, 3.63) is 81.7 Å². The minimum Gasteiger partial charge on any atom is -0.507 e. The number of nitrogens with zero attached hydrogens (tertiary/aromatic N) is 1. The highest BCUT2D eigenvalue weighted by Gasteiger charge is 2.32. The van der Waals surface area contributed by atoms with Crippen LogP contribution in [0.4, 0.5) is 0 Å². The van der Waals surface area contributed by atoms with E-state index in [9.17, 15) is 19.5 Å². The number of aromatic nitrogens is 1. The second kappa shape index (κ2) is 16.1. The summed E-state index contributed by atoms with van der Waals surface area (Å²) in [7, 11) is 0. The van der Waals surface area contributed by atoms with E-state index in [0.717, 1.165) is 16.9 Å². The molecule has 2 aromatic carbocycles. The van der Waals surface area contributed by atoms with E-state index in [2.05, 4.69) is 50.8 Å². The number of benzene rings is 2. The van der Waals surface area contributed by atoms with Crippen molar-refractivity contribution in [1.29, 1.82) is 0 Å². The molecule has 0 saturated carbocycles. The molecule has 0 unspecified atom stereocenters. The Morgan fingerprint density at radius 2 is 1.69 bits per heavy atom. The van der Waals surface area contributed by atoms with E-state index in [1.54, 1.807) is 12.1 Å². The minimum absolute atomic E-state index is 0.108. The molecule has 45 heavy (non-hydrogen) atoms. The SMILES string of the molecule is CC(C)[C@H]1NC(=O)[C@@H](Cc2ccc(O)c(I)c2)N[C@@H](C)COc2ccccc2C[C@H](C)CNC(=O)[C@H](Cn2cccc2)NC1=O. The van der Waals surface area contributed by atoms with Crippen LogP contribution < -0.4 is 26.0 Å². The number of rotatable bonds is 5. The molecule has 1 aliphatic heterocycles. The Morgan fingerprint density at radius 1 is 0.956 bits per heavy atom. The molecule has 0 spiro atoms. The monoisotopic (exact) mass is 729 g/mol. The van der Waals surface area contributed by atoms with Crippen molar-refractivity contribution in [2.24, 2.45) is 11.8 Å². The summed E-state index contributed by atoms with van der Waals surface area (Å²) in [6.07, 6.45) is 4.70. The Morgan fingerprint density at radius 3 is 2.40 bits per heavy atom. The van der Waals surface area contributed by atoms with Gasteiger partial charge in [-0.25, -0.2) is 0 Å². The standard InChI is InChI=1S/C34H44IN5O5/c1-21(2)31-34(44)38-28(19-40-13-7-8-14-40)32(42)36-18-22(3)15-25-9-5-6-10-30(25)45-20-23(4)37-27(33(43)39-31)17-24-11-12-29(41)26(35)16-24/h5-14,16,21-23,27-28,31,37,41H,15,17-20H2,1-4H3,(H,36,42)(H,38,44)(H,39,43)/t22-,23-,27+,28-,31+/m0/s1. The number of carbonyl (C=O) groups excluding carboxylic acids is 3. The molecule has 1 aliphatic rings. The van der Waals surface area contributed by atoms with Gasteiger partial charge in [0.05, 0.1) is 16.2 Å². The fraction of sp³-hybridized carbons (Fsp3) is 0.441. The maximum atomic E-state index is 13.9. The first-order valence-corrected chi connectivity index (χ1v) is 16.5. The lowest BCUT2D eigenvalue weighted by molar-refractivity contribution is -0.133. The van der Waals surface area contributed by atoms with Gasteiger partial charge in [0.25, 0.3) is 0 Å². The smallest absolute Gasteiger partial charge is 0.244 e. The summed E-state index contributed by atoms with van der Waals surface area (Å²) in [5.74, 6) is -0.274. The van der Waals surface area contributed by atoms with Crippen LogP contribution in [-0.4, -0.2) is 64.7 Å². The number of phenols is 1. The van der Waals surface area contributed by atoms with Crippen molar-refractivity contribution in [1.82, 2.24) is 25.8 Å². The third kappa shape index (κ3) is 9.95. The normalized spacial score (nSPS) is 24.0. The highest BCUT2D eigenvalue weighted by molar-refractivity contribution is 14.1. The zero-order valence-electron chi connectivity index (χ0n) is 26.3. The molecule has 10 nitrogen and oxygen atoms in total. The maximum Gasteiger partial charge on any atom is 0.244 e. The molecule has 0 fully saturated rings. The molecule has 4 rings (SSSR count). The molecule has 0 radical (unpaired) electrons. The van der Waals surface area contributed by atoms with E-state index in [1.165, 1.54) is 0 Å². The van der Waals surface area contributed by atoms with Crippen molar-refractivity contribution < 1.29 is 24.2 Å². The number of carbonyl (C=O) groups is 3. The van der Waals surface area contributed by atoms with Gasteiger partial charge in [-0.05, 0) is 95.7 Å². The molecule has 5 atom stereocenters. The highest BCUT2D eigenvalue weighted by atomic mass is 127. The number of phenolic OH excluding ortho intramolecular Hbond substituents is 1. The lowest BCUT2D eigenvalue weighted by atomic mass is 9.99. The molecule has 242 valence electrons. The van der Waals surface area contributed by atoms with Gasteiger partial charge in [-0.15, -0.1) is 0 Å². The Balaban J connectivity index is 1.65.